The van der Waals surface area contributed by atoms with Gasteiger partial charge in [0.25, 0.3) is 0 Å². The molecule has 0 fully saturated rings. The van der Waals surface area contributed by atoms with Crippen molar-refractivity contribution < 1.29 is 0 Å². The maximum absolute atomic E-state index is 6.03. The Morgan fingerprint density at radius 2 is 2.00 bits per heavy atom. The van der Waals surface area contributed by atoms with Gasteiger partial charge in [0.2, 0.25) is 0 Å². The molecule has 1 rings (SSSR count). The highest BCUT2D eigenvalue weighted by atomic mass is 127. The number of hydrogen-bond acceptors (Lipinski definition) is 1. The maximum Gasteiger partial charge on any atom is 0.129 e. The number of nitrogens with zero attached hydrogens (tertiary/aromatic N) is 1. The standard InChI is InChI=1S/C8H11ClINSi/c1-12(2,3)7-6(10)4-5-11-8(7)9/h4-5H,1-3H3. The Morgan fingerprint density at radius 1 is 1.42 bits per heavy atom. The number of aromatic nitrogens is 1. The molecule has 66 valence electrons. The van der Waals surface area contributed by atoms with Crippen molar-refractivity contribution in [3.05, 3.63) is 21.0 Å². The summed E-state index contributed by atoms with van der Waals surface area (Å²) >= 11 is 8.35. The fourth-order valence-corrected chi connectivity index (χ4v) is 6.58. The molecule has 0 aliphatic heterocycles. The zero-order chi connectivity index (χ0) is 9.35. The molecule has 0 N–H and O–H groups in total. The lowest BCUT2D eigenvalue weighted by molar-refractivity contribution is 1.33. The lowest BCUT2D eigenvalue weighted by Gasteiger charge is -2.18. The highest BCUT2D eigenvalue weighted by molar-refractivity contribution is 14.1. The van der Waals surface area contributed by atoms with E-state index in [0.29, 0.717) is 5.15 Å². The van der Waals surface area contributed by atoms with Crippen LogP contribution in [0.1, 0.15) is 0 Å². The fraction of sp³-hybridized carbons (Fsp3) is 0.375. The molecular formula is C8H11ClINSi. The van der Waals surface area contributed by atoms with Crippen LogP contribution >= 0.6 is 34.2 Å². The van der Waals surface area contributed by atoms with Crippen LogP contribution in [0.15, 0.2) is 12.3 Å². The average molecular weight is 312 g/mol. The second kappa shape index (κ2) is 3.63. The molecule has 0 amide bonds. The highest BCUT2D eigenvalue weighted by Gasteiger charge is 2.22. The summed E-state index contributed by atoms with van der Waals surface area (Å²) in [7, 11) is -1.32. The molecule has 0 unspecified atom stereocenters. The first-order chi connectivity index (χ1) is 5.43. The van der Waals surface area contributed by atoms with E-state index in [1.165, 1.54) is 8.76 Å². The molecule has 0 radical (unpaired) electrons. The van der Waals surface area contributed by atoms with Crippen LogP contribution in [-0.2, 0) is 0 Å². The van der Waals surface area contributed by atoms with Gasteiger partial charge >= 0.3 is 0 Å². The van der Waals surface area contributed by atoms with Crippen molar-refractivity contribution in [1.82, 2.24) is 4.98 Å². The second-order valence-corrected chi connectivity index (χ2v) is 10.2. The third-order valence-electron chi connectivity index (χ3n) is 1.60. The Morgan fingerprint density at radius 3 is 2.33 bits per heavy atom. The van der Waals surface area contributed by atoms with Crippen molar-refractivity contribution in [3.8, 4) is 0 Å². The van der Waals surface area contributed by atoms with Crippen molar-refractivity contribution >= 4 is 47.5 Å². The summed E-state index contributed by atoms with van der Waals surface area (Å²) < 4.78 is 1.24. The molecule has 0 bridgehead atoms. The molecule has 0 aliphatic carbocycles. The normalized spacial score (nSPS) is 11.8. The lowest BCUT2D eigenvalue weighted by atomic mass is 10.5. The third kappa shape index (κ3) is 2.20. The van der Waals surface area contributed by atoms with Crippen molar-refractivity contribution in [2.45, 2.75) is 19.6 Å². The van der Waals surface area contributed by atoms with Gasteiger partial charge in [0.05, 0.1) is 8.07 Å². The van der Waals surface area contributed by atoms with Gasteiger partial charge < -0.3 is 0 Å². The molecule has 12 heavy (non-hydrogen) atoms. The van der Waals surface area contributed by atoms with Crippen LogP contribution in [0, 0.1) is 3.57 Å². The topological polar surface area (TPSA) is 12.9 Å². The summed E-state index contributed by atoms with van der Waals surface area (Å²) in [4.78, 5) is 4.10. The van der Waals surface area contributed by atoms with Crippen molar-refractivity contribution in [3.63, 3.8) is 0 Å². The van der Waals surface area contributed by atoms with E-state index in [1.54, 1.807) is 6.20 Å². The van der Waals surface area contributed by atoms with Crippen LogP contribution < -0.4 is 5.19 Å². The number of halogens is 2. The zero-order valence-corrected chi connectivity index (χ0v) is 11.3. The molecule has 0 spiro atoms. The molecule has 1 heterocycles. The van der Waals surface area contributed by atoms with Crippen LogP contribution in [0.25, 0.3) is 0 Å². The Bertz CT molecular complexity index is 275. The maximum atomic E-state index is 6.03. The molecule has 0 aliphatic rings. The molecule has 1 nitrogen and oxygen atoms in total. The van der Waals surface area contributed by atoms with Crippen molar-refractivity contribution in [1.29, 1.82) is 0 Å². The van der Waals surface area contributed by atoms with Gasteiger partial charge in [-0.15, -0.1) is 0 Å². The quantitative estimate of drug-likeness (QED) is 0.441. The van der Waals surface area contributed by atoms with Gasteiger partial charge in [-0.3, -0.25) is 0 Å². The number of hydrogen-bond donors (Lipinski definition) is 0. The van der Waals surface area contributed by atoms with Gasteiger partial charge in [-0.2, -0.15) is 0 Å². The number of rotatable bonds is 1. The number of pyridine rings is 1. The Labute approximate surface area is 92.7 Å². The first-order valence-corrected chi connectivity index (χ1v) is 8.69. The SMILES string of the molecule is C[Si](C)(C)c1c(I)ccnc1Cl. The summed E-state index contributed by atoms with van der Waals surface area (Å²) in [5.74, 6) is 0. The minimum Gasteiger partial charge on any atom is -0.245 e. The van der Waals surface area contributed by atoms with Crippen molar-refractivity contribution in [2.75, 3.05) is 0 Å². The van der Waals surface area contributed by atoms with Gasteiger partial charge in [-0.05, 0) is 33.8 Å². The molecule has 1 aromatic heterocycles. The Hall–Kier alpha value is 0.387. The summed E-state index contributed by atoms with van der Waals surface area (Å²) in [6.07, 6.45) is 1.76. The monoisotopic (exact) mass is 311 g/mol. The zero-order valence-electron chi connectivity index (χ0n) is 7.36. The summed E-state index contributed by atoms with van der Waals surface area (Å²) in [6.45, 7) is 6.83. The van der Waals surface area contributed by atoms with E-state index in [-0.39, 0.29) is 0 Å². The molecule has 0 aromatic carbocycles. The first-order valence-electron chi connectivity index (χ1n) is 3.73. The molecule has 0 atom stereocenters. The van der Waals surface area contributed by atoms with Gasteiger partial charge in [0.15, 0.2) is 0 Å². The van der Waals surface area contributed by atoms with E-state index in [0.717, 1.165) is 0 Å². The second-order valence-electron chi connectivity index (χ2n) is 3.71. The molecule has 0 saturated carbocycles. The highest BCUT2D eigenvalue weighted by Crippen LogP contribution is 2.14. The van der Waals surface area contributed by atoms with E-state index in [1.807, 2.05) is 6.07 Å². The van der Waals surface area contributed by atoms with E-state index in [4.69, 9.17) is 11.6 Å². The van der Waals surface area contributed by atoms with Crippen molar-refractivity contribution in [2.24, 2.45) is 0 Å². The van der Waals surface area contributed by atoms with E-state index >= 15 is 0 Å². The largest absolute Gasteiger partial charge is 0.245 e. The molecular weight excluding hydrogens is 301 g/mol. The van der Waals surface area contributed by atoms with Gasteiger partial charge in [-0.25, -0.2) is 4.98 Å². The van der Waals surface area contributed by atoms with Crippen LogP contribution in [0.2, 0.25) is 24.8 Å². The van der Waals surface area contributed by atoms with E-state index < -0.39 is 8.07 Å². The predicted molar refractivity (Wildman–Crippen MR) is 64.9 cm³/mol. The van der Waals surface area contributed by atoms with Crippen LogP contribution in [0.4, 0.5) is 0 Å². The predicted octanol–water partition coefficient (Wildman–Crippen LogP) is 2.88. The van der Waals surface area contributed by atoms with Crippen LogP contribution in [0.3, 0.4) is 0 Å². The Balaban J connectivity index is 3.31. The fourth-order valence-electron chi connectivity index (χ4n) is 1.08. The molecule has 1 aromatic rings. The van der Waals surface area contributed by atoms with E-state index in [2.05, 4.69) is 47.2 Å². The molecule has 4 heteroatoms. The summed E-state index contributed by atoms with van der Waals surface area (Å²) in [6, 6.07) is 2.01. The average Bonchev–Trinajstić information content (AvgIpc) is 1.82. The minimum absolute atomic E-state index is 0.682. The lowest BCUT2D eigenvalue weighted by Crippen LogP contribution is -2.40. The summed E-state index contributed by atoms with van der Waals surface area (Å²) in [5.41, 5.74) is 0. The summed E-state index contributed by atoms with van der Waals surface area (Å²) in [5, 5.41) is 1.95. The van der Waals surface area contributed by atoms with E-state index in [9.17, 15) is 0 Å². The van der Waals surface area contributed by atoms with Gasteiger partial charge in [-0.1, -0.05) is 31.2 Å². The van der Waals surface area contributed by atoms with Crippen LogP contribution in [-0.4, -0.2) is 13.1 Å². The van der Waals surface area contributed by atoms with Gasteiger partial charge in [0.1, 0.15) is 5.15 Å². The molecule has 0 saturated heterocycles. The smallest absolute Gasteiger partial charge is 0.129 e. The minimum atomic E-state index is -1.32. The van der Waals surface area contributed by atoms with Crippen LogP contribution in [0.5, 0.6) is 0 Å². The van der Waals surface area contributed by atoms with Gasteiger partial charge in [0, 0.05) is 9.77 Å². The Kier molecular flexibility index (Phi) is 3.17. The third-order valence-corrected chi connectivity index (χ3v) is 5.46. The first kappa shape index (κ1) is 10.5.